The van der Waals surface area contributed by atoms with Crippen LogP contribution in [0.1, 0.15) is 11.1 Å². The number of hydrogen-bond donors (Lipinski definition) is 1. The standard InChI is InChI=1S/C20H17F3N2O4S/c1-27-14-7-11(8-15(28-2)17(14)29-3)9-16-18(26)25-19(30-16)24-13-6-4-5-12(10-13)20(21,22)23/h4-10H,1-3H3,(H,24,25,26)/b16-9+. The molecule has 1 N–H and O–H groups in total. The van der Waals surface area contributed by atoms with E-state index in [2.05, 4.69) is 10.3 Å². The predicted octanol–water partition coefficient (Wildman–Crippen LogP) is 4.62. The third kappa shape index (κ3) is 4.70. The molecule has 158 valence electrons. The van der Waals surface area contributed by atoms with Crippen LogP contribution in [-0.4, -0.2) is 32.4 Å². The van der Waals surface area contributed by atoms with E-state index in [0.717, 1.165) is 23.9 Å². The maximum Gasteiger partial charge on any atom is 0.416 e. The molecule has 10 heteroatoms. The largest absolute Gasteiger partial charge is 0.493 e. The summed E-state index contributed by atoms with van der Waals surface area (Å²) in [5.74, 6) is 0.840. The van der Waals surface area contributed by atoms with Crippen LogP contribution in [0, 0.1) is 0 Å². The van der Waals surface area contributed by atoms with Gasteiger partial charge in [0.25, 0.3) is 5.91 Å². The average molecular weight is 438 g/mol. The zero-order chi connectivity index (χ0) is 21.9. The first kappa shape index (κ1) is 21.6. The van der Waals surface area contributed by atoms with Gasteiger partial charge in [0.2, 0.25) is 5.75 Å². The van der Waals surface area contributed by atoms with Crippen LogP contribution in [0.2, 0.25) is 0 Å². The summed E-state index contributed by atoms with van der Waals surface area (Å²) in [7, 11) is 4.44. The molecule has 1 saturated heterocycles. The molecule has 2 aromatic carbocycles. The first-order chi connectivity index (χ1) is 14.2. The van der Waals surface area contributed by atoms with Gasteiger partial charge in [-0.1, -0.05) is 6.07 Å². The Labute approximate surface area is 174 Å². The molecular weight excluding hydrogens is 421 g/mol. The smallest absolute Gasteiger partial charge is 0.416 e. The summed E-state index contributed by atoms with van der Waals surface area (Å²) in [6.07, 6.45) is -2.88. The number of thioether (sulfide) groups is 1. The second-order valence-electron chi connectivity index (χ2n) is 5.99. The highest BCUT2D eigenvalue weighted by Gasteiger charge is 2.30. The van der Waals surface area contributed by atoms with E-state index in [1.807, 2.05) is 0 Å². The van der Waals surface area contributed by atoms with Gasteiger partial charge in [0.05, 0.1) is 37.5 Å². The van der Waals surface area contributed by atoms with Gasteiger partial charge < -0.3 is 19.5 Å². The number of nitrogens with zero attached hydrogens (tertiary/aromatic N) is 1. The highest BCUT2D eigenvalue weighted by Crippen LogP contribution is 2.39. The molecule has 6 nitrogen and oxygen atoms in total. The number of rotatable bonds is 5. The topological polar surface area (TPSA) is 69.2 Å². The molecule has 1 aliphatic heterocycles. The van der Waals surface area contributed by atoms with Crippen molar-refractivity contribution in [3.8, 4) is 17.2 Å². The number of amidine groups is 1. The third-order valence-electron chi connectivity index (χ3n) is 4.04. The number of amides is 1. The van der Waals surface area contributed by atoms with Crippen LogP contribution in [0.3, 0.4) is 0 Å². The number of ether oxygens (including phenoxy) is 3. The predicted molar refractivity (Wildman–Crippen MR) is 108 cm³/mol. The van der Waals surface area contributed by atoms with E-state index in [0.29, 0.717) is 27.7 Å². The molecule has 0 saturated carbocycles. The van der Waals surface area contributed by atoms with Gasteiger partial charge in [0.15, 0.2) is 16.7 Å². The summed E-state index contributed by atoms with van der Waals surface area (Å²) in [6, 6.07) is 7.90. The lowest BCUT2D eigenvalue weighted by Crippen LogP contribution is -2.19. The second-order valence-corrected chi connectivity index (χ2v) is 7.02. The number of hydrogen-bond acceptors (Lipinski definition) is 6. The summed E-state index contributed by atoms with van der Waals surface area (Å²) in [5, 5.41) is 2.73. The number of benzene rings is 2. The van der Waals surface area contributed by atoms with Crippen molar-refractivity contribution in [3.63, 3.8) is 0 Å². The summed E-state index contributed by atoms with van der Waals surface area (Å²) >= 11 is 1.01. The molecule has 0 aliphatic carbocycles. The summed E-state index contributed by atoms with van der Waals surface area (Å²) in [6.45, 7) is 0. The molecule has 1 heterocycles. The van der Waals surface area contributed by atoms with E-state index in [-0.39, 0.29) is 10.9 Å². The fraction of sp³-hybridized carbons (Fsp3) is 0.200. The van der Waals surface area contributed by atoms with E-state index in [1.165, 1.54) is 33.5 Å². The molecule has 0 aromatic heterocycles. The lowest BCUT2D eigenvalue weighted by molar-refractivity contribution is -0.137. The number of alkyl halides is 3. The monoisotopic (exact) mass is 438 g/mol. The van der Waals surface area contributed by atoms with Crippen molar-refractivity contribution in [1.29, 1.82) is 0 Å². The van der Waals surface area contributed by atoms with Gasteiger partial charge in [-0.05, 0) is 53.7 Å². The average Bonchev–Trinajstić information content (AvgIpc) is 3.05. The van der Waals surface area contributed by atoms with E-state index in [1.54, 1.807) is 18.2 Å². The molecule has 0 unspecified atom stereocenters. The zero-order valence-corrected chi connectivity index (χ0v) is 17.0. The Morgan fingerprint density at radius 3 is 2.27 bits per heavy atom. The van der Waals surface area contributed by atoms with Gasteiger partial charge in [0, 0.05) is 0 Å². The van der Waals surface area contributed by atoms with Crippen molar-refractivity contribution in [1.82, 2.24) is 5.32 Å². The molecule has 1 fully saturated rings. The Kier molecular flexibility index (Phi) is 6.25. The van der Waals surface area contributed by atoms with Crippen molar-refractivity contribution in [2.24, 2.45) is 4.99 Å². The maximum atomic E-state index is 12.9. The first-order valence-electron chi connectivity index (χ1n) is 8.52. The van der Waals surface area contributed by atoms with Gasteiger partial charge in [0.1, 0.15) is 0 Å². The minimum Gasteiger partial charge on any atom is -0.493 e. The molecule has 0 atom stereocenters. The molecule has 1 amide bonds. The van der Waals surface area contributed by atoms with Gasteiger partial charge in [-0.3, -0.25) is 4.79 Å². The first-order valence-corrected chi connectivity index (χ1v) is 9.33. The van der Waals surface area contributed by atoms with Gasteiger partial charge >= 0.3 is 6.18 Å². The lowest BCUT2D eigenvalue weighted by Gasteiger charge is -2.12. The van der Waals surface area contributed by atoms with Crippen LogP contribution in [0.15, 0.2) is 46.3 Å². The summed E-state index contributed by atoms with van der Waals surface area (Å²) in [4.78, 5) is 16.7. The van der Waals surface area contributed by atoms with Crippen molar-refractivity contribution < 1.29 is 32.2 Å². The molecule has 2 aromatic rings. The molecule has 30 heavy (non-hydrogen) atoms. The highest BCUT2D eigenvalue weighted by molar-refractivity contribution is 8.18. The number of nitrogens with one attached hydrogen (secondary N) is 1. The van der Waals surface area contributed by atoms with Crippen molar-refractivity contribution in [2.45, 2.75) is 6.18 Å². The van der Waals surface area contributed by atoms with E-state index in [4.69, 9.17) is 14.2 Å². The lowest BCUT2D eigenvalue weighted by atomic mass is 10.1. The zero-order valence-electron chi connectivity index (χ0n) is 16.2. The number of carbonyl (C=O) groups excluding carboxylic acids is 1. The van der Waals surface area contributed by atoms with Crippen molar-refractivity contribution in [3.05, 3.63) is 52.4 Å². The van der Waals surface area contributed by atoms with Crippen LogP contribution < -0.4 is 19.5 Å². The Balaban J connectivity index is 1.89. The summed E-state index contributed by atoms with van der Waals surface area (Å²) < 4.78 is 54.4. The Bertz CT molecular complexity index is 1010. The maximum absolute atomic E-state index is 12.9. The minimum atomic E-state index is -4.47. The van der Waals surface area contributed by atoms with Crippen LogP contribution in [0.25, 0.3) is 6.08 Å². The van der Waals surface area contributed by atoms with Crippen molar-refractivity contribution in [2.75, 3.05) is 21.3 Å². The summed E-state index contributed by atoms with van der Waals surface area (Å²) in [5.41, 5.74) is -0.115. The molecular formula is C20H17F3N2O4S. The Morgan fingerprint density at radius 2 is 1.70 bits per heavy atom. The van der Waals surface area contributed by atoms with Crippen LogP contribution in [-0.2, 0) is 11.0 Å². The number of halogens is 3. The Morgan fingerprint density at radius 1 is 1.03 bits per heavy atom. The number of carbonyl (C=O) groups is 1. The van der Waals surface area contributed by atoms with Crippen molar-refractivity contribution >= 4 is 34.6 Å². The third-order valence-corrected chi connectivity index (χ3v) is 4.95. The molecule has 3 rings (SSSR count). The fourth-order valence-corrected chi connectivity index (χ4v) is 3.53. The van der Waals surface area contributed by atoms with E-state index >= 15 is 0 Å². The van der Waals surface area contributed by atoms with Gasteiger partial charge in [-0.15, -0.1) is 0 Å². The molecule has 0 radical (unpaired) electrons. The fourth-order valence-electron chi connectivity index (χ4n) is 2.69. The Hall–Kier alpha value is -3.14. The van der Waals surface area contributed by atoms with Crippen LogP contribution >= 0.6 is 11.8 Å². The highest BCUT2D eigenvalue weighted by atomic mass is 32.2. The van der Waals surface area contributed by atoms with E-state index < -0.39 is 17.6 Å². The van der Waals surface area contributed by atoms with Crippen LogP contribution in [0.5, 0.6) is 17.2 Å². The molecule has 0 spiro atoms. The van der Waals surface area contributed by atoms with Crippen LogP contribution in [0.4, 0.5) is 18.9 Å². The number of methoxy groups -OCH3 is 3. The van der Waals surface area contributed by atoms with Gasteiger partial charge in [-0.25, -0.2) is 4.99 Å². The number of aliphatic imine (C=N–C) groups is 1. The molecule has 0 bridgehead atoms. The van der Waals surface area contributed by atoms with E-state index in [9.17, 15) is 18.0 Å². The quantitative estimate of drug-likeness (QED) is 0.690. The van der Waals surface area contributed by atoms with Gasteiger partial charge in [-0.2, -0.15) is 13.2 Å². The SMILES string of the molecule is COc1cc(/C=C2/SC(=Nc3cccc(C(F)(F)F)c3)NC2=O)cc(OC)c1OC. The molecule has 1 aliphatic rings. The minimum absolute atomic E-state index is 0.0849. The second kappa shape index (κ2) is 8.70. The normalized spacial score (nSPS) is 16.7.